The van der Waals surface area contributed by atoms with E-state index < -0.39 is 5.97 Å². The zero-order chi connectivity index (χ0) is 22.8. The van der Waals surface area contributed by atoms with Gasteiger partial charge in [-0.2, -0.15) is 0 Å². The van der Waals surface area contributed by atoms with Crippen LogP contribution in [-0.2, 0) is 16.0 Å². The Balaban J connectivity index is 1.52. The van der Waals surface area contributed by atoms with Crippen LogP contribution in [0.25, 0.3) is 16.7 Å². The number of fused-ring (bicyclic) bond motifs is 1. The molecule has 0 unspecified atom stereocenters. The first-order valence-corrected chi connectivity index (χ1v) is 10.0. The highest BCUT2D eigenvalue weighted by Gasteiger charge is 2.24. The van der Waals surface area contributed by atoms with Crippen LogP contribution < -0.4 is 5.32 Å². The second kappa shape index (κ2) is 8.50. The van der Waals surface area contributed by atoms with Crippen LogP contribution in [0.3, 0.4) is 0 Å². The Morgan fingerprint density at radius 1 is 1.09 bits per heavy atom. The van der Waals surface area contributed by atoms with Crippen LogP contribution in [0.15, 0.2) is 54.9 Å². The average molecular weight is 430 g/mol. The summed E-state index contributed by atoms with van der Waals surface area (Å²) in [4.78, 5) is 44.0. The number of anilines is 1. The molecule has 0 atom stereocenters. The van der Waals surface area contributed by atoms with Gasteiger partial charge in [-0.05, 0) is 48.9 Å². The number of hydrogen-bond donors (Lipinski definition) is 2. The maximum Gasteiger partial charge on any atom is 0.339 e. The van der Waals surface area contributed by atoms with Crippen LogP contribution in [0.5, 0.6) is 0 Å². The Morgan fingerprint density at radius 3 is 2.50 bits per heavy atom. The molecule has 0 aliphatic rings. The zero-order valence-corrected chi connectivity index (χ0v) is 17.9. The summed E-state index contributed by atoms with van der Waals surface area (Å²) in [7, 11) is 1.26. The van der Waals surface area contributed by atoms with Gasteiger partial charge >= 0.3 is 5.97 Å². The normalized spacial score (nSPS) is 10.8. The number of ether oxygens (including phenoxy) is 1. The molecule has 1 amide bonds. The quantitative estimate of drug-likeness (QED) is 0.357. The molecule has 0 radical (unpaired) electrons. The van der Waals surface area contributed by atoms with Crippen LogP contribution in [0.2, 0.25) is 0 Å². The predicted molar refractivity (Wildman–Crippen MR) is 120 cm³/mol. The van der Waals surface area contributed by atoms with Gasteiger partial charge < -0.3 is 15.0 Å². The maximum absolute atomic E-state index is 12.6. The number of methoxy groups -OCH3 is 1. The van der Waals surface area contributed by atoms with Crippen molar-refractivity contribution in [2.45, 2.75) is 20.3 Å². The van der Waals surface area contributed by atoms with Gasteiger partial charge in [0.1, 0.15) is 6.33 Å². The largest absolute Gasteiger partial charge is 0.465 e. The maximum atomic E-state index is 12.6. The summed E-state index contributed by atoms with van der Waals surface area (Å²) in [6.45, 7) is 3.05. The van der Waals surface area contributed by atoms with Crippen LogP contribution in [0.4, 0.5) is 5.69 Å². The summed E-state index contributed by atoms with van der Waals surface area (Å²) >= 11 is 0. The summed E-state index contributed by atoms with van der Waals surface area (Å²) in [5, 5.41) is 2.82. The molecule has 2 N–H and O–H groups in total. The Bertz CT molecular complexity index is 1330. The van der Waals surface area contributed by atoms with E-state index in [-0.39, 0.29) is 23.7 Å². The number of esters is 1. The van der Waals surface area contributed by atoms with Crippen molar-refractivity contribution >= 4 is 34.4 Å². The molecule has 8 heteroatoms. The number of para-hydroxylation sites is 2. The number of H-pyrrole nitrogens is 1. The second-order valence-corrected chi connectivity index (χ2v) is 7.40. The first kappa shape index (κ1) is 21.0. The van der Waals surface area contributed by atoms with E-state index in [4.69, 9.17) is 4.74 Å². The fourth-order valence-electron chi connectivity index (χ4n) is 3.76. The summed E-state index contributed by atoms with van der Waals surface area (Å²) < 4.78 is 6.79. The van der Waals surface area contributed by atoms with Crippen molar-refractivity contribution in [2.24, 2.45) is 0 Å². The zero-order valence-electron chi connectivity index (χ0n) is 17.9. The minimum absolute atomic E-state index is 0.105. The summed E-state index contributed by atoms with van der Waals surface area (Å²) in [5.41, 5.74) is 4.75. The minimum Gasteiger partial charge on any atom is -0.465 e. The second-order valence-electron chi connectivity index (χ2n) is 7.40. The fraction of sp³-hybridized carbons (Fsp3) is 0.167. The molecule has 0 aliphatic carbocycles. The molecule has 4 aromatic rings. The predicted octanol–water partition coefficient (Wildman–Crippen LogP) is 3.83. The Labute approximate surface area is 184 Å². The number of carbonyl (C=O) groups excluding carboxylic acids is 3. The Hall–Kier alpha value is -4.20. The van der Waals surface area contributed by atoms with Gasteiger partial charge in [-0.25, -0.2) is 9.78 Å². The lowest BCUT2D eigenvalue weighted by molar-refractivity contribution is -0.115. The van der Waals surface area contributed by atoms with Crippen molar-refractivity contribution in [1.82, 2.24) is 14.5 Å². The molecule has 0 bridgehead atoms. The van der Waals surface area contributed by atoms with Crippen molar-refractivity contribution in [3.8, 4) is 5.69 Å². The van der Waals surface area contributed by atoms with E-state index in [0.717, 1.165) is 16.7 Å². The third kappa shape index (κ3) is 3.90. The van der Waals surface area contributed by atoms with Gasteiger partial charge in [-0.1, -0.05) is 12.1 Å². The Kier molecular flexibility index (Phi) is 5.59. The monoisotopic (exact) mass is 430 g/mol. The van der Waals surface area contributed by atoms with Crippen LogP contribution in [0.1, 0.15) is 39.0 Å². The molecule has 0 spiro atoms. The summed E-state index contributed by atoms with van der Waals surface area (Å²) in [6, 6.07) is 15.2. The SMILES string of the molecule is COC(=O)c1c(CC(=O)Nc2ccc(-n3cnc4ccccc43)cc2)[nH]c(C(C)=O)c1C. The minimum atomic E-state index is -0.592. The molecule has 2 aromatic heterocycles. The van der Waals surface area contributed by atoms with Crippen molar-refractivity contribution in [2.75, 3.05) is 12.4 Å². The van der Waals surface area contributed by atoms with Crippen molar-refractivity contribution in [1.29, 1.82) is 0 Å². The molecular formula is C24H22N4O4. The highest BCUT2D eigenvalue weighted by Crippen LogP contribution is 2.22. The third-order valence-corrected chi connectivity index (χ3v) is 5.29. The highest BCUT2D eigenvalue weighted by atomic mass is 16.5. The number of ketones is 1. The summed E-state index contributed by atoms with van der Waals surface area (Å²) in [5.74, 6) is -1.14. The molecule has 2 aromatic carbocycles. The van der Waals surface area contributed by atoms with E-state index in [2.05, 4.69) is 15.3 Å². The van der Waals surface area contributed by atoms with E-state index in [9.17, 15) is 14.4 Å². The smallest absolute Gasteiger partial charge is 0.339 e. The molecule has 0 saturated carbocycles. The van der Waals surface area contributed by atoms with Crippen molar-refractivity contribution < 1.29 is 19.1 Å². The van der Waals surface area contributed by atoms with E-state index >= 15 is 0 Å². The highest BCUT2D eigenvalue weighted by molar-refractivity contribution is 6.02. The first-order valence-electron chi connectivity index (χ1n) is 10.0. The molecular weight excluding hydrogens is 408 g/mol. The molecule has 0 saturated heterocycles. The van der Waals surface area contributed by atoms with Crippen molar-refractivity contribution in [3.05, 3.63) is 77.4 Å². The number of Topliss-reactive ketones (excluding diaryl/α,β-unsaturated/α-hetero) is 1. The molecule has 0 aliphatic heterocycles. The van der Waals surface area contributed by atoms with E-state index in [0.29, 0.717) is 22.6 Å². The molecule has 2 heterocycles. The fourth-order valence-corrected chi connectivity index (χ4v) is 3.76. The molecule has 162 valence electrons. The number of amides is 1. The van der Waals surface area contributed by atoms with Gasteiger partial charge in [0.25, 0.3) is 0 Å². The number of aromatic nitrogens is 3. The number of rotatable bonds is 6. The topological polar surface area (TPSA) is 106 Å². The van der Waals surface area contributed by atoms with E-state index in [1.807, 2.05) is 41.0 Å². The van der Waals surface area contributed by atoms with Gasteiger partial charge in [0.15, 0.2) is 5.78 Å². The van der Waals surface area contributed by atoms with Crippen LogP contribution in [-0.4, -0.2) is 39.3 Å². The number of benzene rings is 2. The number of aromatic amines is 1. The standard InChI is InChI=1S/C24H22N4O4/c1-14-22(24(31)32-3)19(27-23(14)15(2)29)12-21(30)26-16-8-10-17(11-9-16)28-13-25-18-6-4-5-7-20(18)28/h4-11,13,27H,12H2,1-3H3,(H,26,30). The third-order valence-electron chi connectivity index (χ3n) is 5.29. The molecule has 8 nitrogen and oxygen atoms in total. The van der Waals surface area contributed by atoms with Gasteiger partial charge in [0.2, 0.25) is 5.91 Å². The van der Waals surface area contributed by atoms with Gasteiger partial charge in [-0.3, -0.25) is 14.2 Å². The van der Waals surface area contributed by atoms with Gasteiger partial charge in [-0.15, -0.1) is 0 Å². The Morgan fingerprint density at radius 2 is 1.81 bits per heavy atom. The van der Waals surface area contributed by atoms with Gasteiger partial charge in [0, 0.05) is 24.0 Å². The lowest BCUT2D eigenvalue weighted by Crippen LogP contribution is -2.17. The number of imidazole rings is 1. The number of nitrogens with one attached hydrogen (secondary N) is 2. The molecule has 32 heavy (non-hydrogen) atoms. The number of hydrogen-bond acceptors (Lipinski definition) is 5. The lowest BCUT2D eigenvalue weighted by Gasteiger charge is -2.08. The number of carbonyl (C=O) groups is 3. The average Bonchev–Trinajstić information content (AvgIpc) is 3.35. The van der Waals surface area contributed by atoms with Crippen LogP contribution >= 0.6 is 0 Å². The summed E-state index contributed by atoms with van der Waals surface area (Å²) in [6.07, 6.45) is 1.65. The lowest BCUT2D eigenvalue weighted by atomic mass is 10.1. The van der Waals surface area contributed by atoms with Gasteiger partial charge in [0.05, 0.1) is 35.8 Å². The first-order chi connectivity index (χ1) is 15.4. The number of nitrogens with zero attached hydrogens (tertiary/aromatic N) is 2. The van der Waals surface area contributed by atoms with Crippen LogP contribution in [0, 0.1) is 6.92 Å². The molecule has 0 fully saturated rings. The van der Waals surface area contributed by atoms with E-state index in [1.54, 1.807) is 25.4 Å². The van der Waals surface area contributed by atoms with E-state index in [1.165, 1.54) is 14.0 Å². The molecule has 4 rings (SSSR count). The van der Waals surface area contributed by atoms with Crippen molar-refractivity contribution in [3.63, 3.8) is 0 Å².